The van der Waals surface area contributed by atoms with Gasteiger partial charge in [0.2, 0.25) is 0 Å². The molecule has 1 N–H and O–H groups in total. The van der Waals surface area contributed by atoms with Crippen LogP contribution in [0.25, 0.3) is 0 Å². The molecule has 30 heavy (non-hydrogen) atoms. The zero-order valence-electron chi connectivity index (χ0n) is 17.5. The largest absolute Gasteiger partial charge is 0.493 e. The zero-order valence-corrected chi connectivity index (χ0v) is 17.5. The molecule has 4 rings (SSSR count). The fraction of sp³-hybridized carbons (Fsp3) is 0.269. The minimum atomic E-state index is -0.268. The number of hydrogen-bond donors (Lipinski definition) is 1. The molecule has 1 aliphatic rings. The molecule has 1 aliphatic heterocycles. The van der Waals surface area contributed by atoms with E-state index in [4.69, 9.17) is 4.74 Å². The third kappa shape index (κ3) is 4.04. The standard InChI is InChI=1S/C26H28N2O2/c1-3-19(2)28-25(27-23-15-9-7-13-21(23)26(28)29)22-14-8-10-16-24(22)30-18-17-20-11-5-4-6-12-20/h4-16,19,25,27H,3,17-18H2,1-2H3. The third-order valence-electron chi connectivity index (χ3n) is 5.73. The number of carbonyl (C=O) groups is 1. The van der Waals surface area contributed by atoms with Crippen LogP contribution in [0.5, 0.6) is 5.75 Å². The van der Waals surface area contributed by atoms with E-state index in [1.165, 1.54) is 5.56 Å². The van der Waals surface area contributed by atoms with Crippen LogP contribution >= 0.6 is 0 Å². The van der Waals surface area contributed by atoms with Gasteiger partial charge < -0.3 is 15.0 Å². The van der Waals surface area contributed by atoms with Crippen molar-refractivity contribution in [3.63, 3.8) is 0 Å². The summed E-state index contributed by atoms with van der Waals surface area (Å²) >= 11 is 0. The van der Waals surface area contributed by atoms with E-state index in [0.29, 0.717) is 6.61 Å². The van der Waals surface area contributed by atoms with Crippen molar-refractivity contribution < 1.29 is 9.53 Å². The Hall–Kier alpha value is -3.27. The number of rotatable bonds is 7. The van der Waals surface area contributed by atoms with E-state index in [9.17, 15) is 4.79 Å². The second kappa shape index (κ2) is 9.04. The molecular weight excluding hydrogens is 372 g/mol. The minimum Gasteiger partial charge on any atom is -0.493 e. The van der Waals surface area contributed by atoms with Gasteiger partial charge in [-0.15, -0.1) is 0 Å². The Morgan fingerprint density at radius 2 is 1.67 bits per heavy atom. The molecule has 0 bridgehead atoms. The van der Waals surface area contributed by atoms with Crippen LogP contribution in [0, 0.1) is 0 Å². The summed E-state index contributed by atoms with van der Waals surface area (Å²) in [4.78, 5) is 15.3. The molecule has 1 heterocycles. The summed E-state index contributed by atoms with van der Waals surface area (Å²) in [6.45, 7) is 4.79. The lowest BCUT2D eigenvalue weighted by atomic mass is 10.00. The summed E-state index contributed by atoms with van der Waals surface area (Å²) in [7, 11) is 0. The van der Waals surface area contributed by atoms with Gasteiger partial charge in [0.05, 0.1) is 12.2 Å². The summed E-state index contributed by atoms with van der Waals surface area (Å²) in [6.07, 6.45) is 1.45. The highest BCUT2D eigenvalue weighted by Crippen LogP contribution is 2.38. The summed E-state index contributed by atoms with van der Waals surface area (Å²) in [5, 5.41) is 3.58. The van der Waals surface area contributed by atoms with E-state index in [1.807, 2.05) is 71.6 Å². The molecule has 0 saturated heterocycles. The molecule has 3 aromatic carbocycles. The lowest BCUT2D eigenvalue weighted by Gasteiger charge is -2.42. The molecule has 0 fully saturated rings. The predicted molar refractivity (Wildman–Crippen MR) is 121 cm³/mol. The Kier molecular flexibility index (Phi) is 6.03. The molecule has 2 unspecified atom stereocenters. The highest BCUT2D eigenvalue weighted by Gasteiger charge is 2.36. The van der Waals surface area contributed by atoms with Gasteiger partial charge in [0.15, 0.2) is 0 Å². The van der Waals surface area contributed by atoms with Gasteiger partial charge in [-0.3, -0.25) is 4.79 Å². The Labute approximate surface area is 178 Å². The second-order valence-corrected chi connectivity index (χ2v) is 7.68. The molecule has 1 amide bonds. The zero-order chi connectivity index (χ0) is 20.9. The Balaban J connectivity index is 1.62. The molecule has 0 spiro atoms. The molecular formula is C26H28N2O2. The predicted octanol–water partition coefficient (Wildman–Crippen LogP) is 5.67. The van der Waals surface area contributed by atoms with Crippen LogP contribution < -0.4 is 10.1 Å². The monoisotopic (exact) mass is 400 g/mol. The number of anilines is 1. The van der Waals surface area contributed by atoms with E-state index in [-0.39, 0.29) is 18.1 Å². The SMILES string of the molecule is CCC(C)N1C(=O)c2ccccc2NC1c1ccccc1OCCc1ccccc1. The molecule has 4 heteroatoms. The van der Waals surface area contributed by atoms with Gasteiger partial charge in [0, 0.05) is 23.7 Å². The third-order valence-corrected chi connectivity index (χ3v) is 5.73. The van der Waals surface area contributed by atoms with Gasteiger partial charge in [-0.25, -0.2) is 0 Å². The van der Waals surface area contributed by atoms with E-state index >= 15 is 0 Å². The normalized spacial score (nSPS) is 16.5. The maximum Gasteiger partial charge on any atom is 0.258 e. The highest BCUT2D eigenvalue weighted by atomic mass is 16.5. The van der Waals surface area contributed by atoms with Crippen molar-refractivity contribution in [1.29, 1.82) is 0 Å². The number of para-hydroxylation sites is 2. The van der Waals surface area contributed by atoms with Crippen LogP contribution in [0.2, 0.25) is 0 Å². The van der Waals surface area contributed by atoms with Gasteiger partial charge in [0.25, 0.3) is 5.91 Å². The van der Waals surface area contributed by atoms with Crippen LogP contribution in [-0.4, -0.2) is 23.5 Å². The number of carbonyl (C=O) groups excluding carboxylic acids is 1. The summed E-state index contributed by atoms with van der Waals surface area (Å²) < 4.78 is 6.20. The van der Waals surface area contributed by atoms with Crippen molar-refractivity contribution >= 4 is 11.6 Å². The first-order valence-electron chi connectivity index (χ1n) is 10.6. The molecule has 0 saturated carbocycles. The van der Waals surface area contributed by atoms with Crippen molar-refractivity contribution in [3.05, 3.63) is 95.6 Å². The van der Waals surface area contributed by atoms with Crippen molar-refractivity contribution in [2.75, 3.05) is 11.9 Å². The molecule has 0 aromatic heterocycles. The molecule has 0 radical (unpaired) electrons. The summed E-state index contributed by atoms with van der Waals surface area (Å²) in [6, 6.07) is 26.2. The van der Waals surface area contributed by atoms with Crippen molar-refractivity contribution in [1.82, 2.24) is 4.90 Å². The van der Waals surface area contributed by atoms with Crippen LogP contribution in [0.1, 0.15) is 47.9 Å². The number of hydrogen-bond acceptors (Lipinski definition) is 3. The number of fused-ring (bicyclic) bond motifs is 1. The topological polar surface area (TPSA) is 41.6 Å². The molecule has 154 valence electrons. The Bertz CT molecular complexity index is 1000. The quantitative estimate of drug-likeness (QED) is 0.555. The van der Waals surface area contributed by atoms with E-state index in [0.717, 1.165) is 35.4 Å². The van der Waals surface area contributed by atoms with Gasteiger partial charge in [0.1, 0.15) is 11.9 Å². The van der Waals surface area contributed by atoms with Crippen LogP contribution in [0.3, 0.4) is 0 Å². The van der Waals surface area contributed by atoms with Crippen LogP contribution in [0.15, 0.2) is 78.9 Å². The Morgan fingerprint density at radius 1 is 0.967 bits per heavy atom. The number of benzene rings is 3. The van der Waals surface area contributed by atoms with E-state index in [1.54, 1.807) is 0 Å². The smallest absolute Gasteiger partial charge is 0.258 e. The Morgan fingerprint density at radius 3 is 2.47 bits per heavy atom. The number of nitrogens with one attached hydrogen (secondary N) is 1. The molecule has 3 aromatic rings. The highest BCUT2D eigenvalue weighted by molar-refractivity contribution is 6.02. The number of ether oxygens (including phenoxy) is 1. The first-order chi connectivity index (χ1) is 14.7. The number of amides is 1. The van der Waals surface area contributed by atoms with Crippen LogP contribution in [0.4, 0.5) is 5.69 Å². The average Bonchev–Trinajstić information content (AvgIpc) is 2.79. The lowest BCUT2D eigenvalue weighted by molar-refractivity contribution is 0.0590. The van der Waals surface area contributed by atoms with Crippen LogP contribution in [-0.2, 0) is 6.42 Å². The van der Waals surface area contributed by atoms with Gasteiger partial charge >= 0.3 is 0 Å². The fourth-order valence-electron chi connectivity index (χ4n) is 3.91. The van der Waals surface area contributed by atoms with Crippen molar-refractivity contribution in [3.8, 4) is 5.75 Å². The van der Waals surface area contributed by atoms with Crippen molar-refractivity contribution in [2.24, 2.45) is 0 Å². The lowest BCUT2D eigenvalue weighted by Crippen LogP contribution is -2.47. The first kappa shape index (κ1) is 20.0. The number of nitrogens with zero attached hydrogens (tertiary/aromatic N) is 1. The first-order valence-corrected chi connectivity index (χ1v) is 10.6. The van der Waals surface area contributed by atoms with Gasteiger partial charge in [-0.05, 0) is 37.1 Å². The van der Waals surface area contributed by atoms with E-state index < -0.39 is 0 Å². The maximum absolute atomic E-state index is 13.4. The molecule has 4 nitrogen and oxygen atoms in total. The molecule has 2 atom stereocenters. The minimum absolute atomic E-state index is 0.0581. The van der Waals surface area contributed by atoms with Crippen molar-refractivity contribution in [2.45, 2.75) is 38.9 Å². The fourth-order valence-corrected chi connectivity index (χ4v) is 3.91. The van der Waals surface area contributed by atoms with Gasteiger partial charge in [-0.2, -0.15) is 0 Å². The average molecular weight is 401 g/mol. The summed E-state index contributed by atoms with van der Waals surface area (Å²) in [5.41, 5.74) is 3.81. The maximum atomic E-state index is 13.4. The second-order valence-electron chi connectivity index (χ2n) is 7.68. The summed E-state index contributed by atoms with van der Waals surface area (Å²) in [5.74, 6) is 0.870. The molecule has 0 aliphatic carbocycles. The van der Waals surface area contributed by atoms with E-state index in [2.05, 4.69) is 31.3 Å². The van der Waals surface area contributed by atoms with Gasteiger partial charge in [-0.1, -0.05) is 67.6 Å².